The van der Waals surface area contributed by atoms with E-state index in [1.807, 2.05) is 13.8 Å². The number of hydrogen-bond acceptors (Lipinski definition) is 1. The number of allylic oxidation sites excluding steroid dienone is 5. The average molecular weight is 339 g/mol. The summed E-state index contributed by atoms with van der Waals surface area (Å²) in [4.78, 5) is 4.81. The molecule has 1 heterocycles. The van der Waals surface area contributed by atoms with Crippen molar-refractivity contribution in [2.75, 3.05) is 0 Å². The highest BCUT2D eigenvalue weighted by atomic mass is 14.9. The first-order chi connectivity index (χ1) is 12.8. The van der Waals surface area contributed by atoms with Gasteiger partial charge in [-0.1, -0.05) is 80.6 Å². The van der Waals surface area contributed by atoms with Crippen LogP contribution < -0.4 is 0 Å². The molecule has 3 aliphatic rings. The second-order valence-electron chi connectivity index (χ2n) is 6.97. The molecule has 2 atom stereocenters. The molecule has 1 aliphatic heterocycles. The maximum atomic E-state index is 4.81. The van der Waals surface area contributed by atoms with Crippen molar-refractivity contribution >= 4 is 11.3 Å². The van der Waals surface area contributed by atoms with Gasteiger partial charge in [0.25, 0.3) is 0 Å². The van der Waals surface area contributed by atoms with Crippen molar-refractivity contribution in [1.29, 1.82) is 0 Å². The summed E-state index contributed by atoms with van der Waals surface area (Å²) >= 11 is 0. The third-order valence-corrected chi connectivity index (χ3v) is 5.50. The smallest absolute Gasteiger partial charge is 0.0518 e. The standard InChI is InChI=1S/C23H19N.C2H6/c1-16-14-21(23-15-20(23)8-5-9-22(23)24-16)19-12-10-18(11-13-19)17-6-3-2-4-7-17;1-2/h2-14,20H,15H2,1H3;1-2H3. The first-order valence-corrected chi connectivity index (χ1v) is 9.60. The molecule has 1 spiro atoms. The van der Waals surface area contributed by atoms with Gasteiger partial charge in [0.1, 0.15) is 0 Å². The van der Waals surface area contributed by atoms with Crippen molar-refractivity contribution in [3.8, 4) is 11.1 Å². The van der Waals surface area contributed by atoms with Crippen molar-refractivity contribution in [2.24, 2.45) is 16.3 Å². The molecule has 2 aromatic rings. The minimum atomic E-state index is 0.141. The lowest BCUT2D eigenvalue weighted by Gasteiger charge is -2.27. The van der Waals surface area contributed by atoms with Gasteiger partial charge in [0.05, 0.1) is 5.70 Å². The van der Waals surface area contributed by atoms with Crippen LogP contribution in [0.3, 0.4) is 0 Å². The number of dihydropyridines is 1. The Morgan fingerprint density at radius 2 is 1.54 bits per heavy atom. The number of nitrogens with zero attached hydrogens (tertiary/aromatic N) is 1. The van der Waals surface area contributed by atoms with Crippen LogP contribution in [0.5, 0.6) is 0 Å². The molecule has 1 fully saturated rings. The summed E-state index contributed by atoms with van der Waals surface area (Å²) in [5.74, 6) is 0.620. The Labute approximate surface area is 156 Å². The minimum absolute atomic E-state index is 0.141. The van der Waals surface area contributed by atoms with Gasteiger partial charge >= 0.3 is 0 Å². The monoisotopic (exact) mass is 339 g/mol. The largest absolute Gasteiger partial charge is 0.257 e. The Bertz CT molecular complexity index is 926. The number of hydrogen-bond donors (Lipinski definition) is 0. The molecule has 1 heteroatoms. The van der Waals surface area contributed by atoms with Gasteiger partial charge in [0.2, 0.25) is 0 Å². The second-order valence-corrected chi connectivity index (χ2v) is 6.97. The lowest BCUT2D eigenvalue weighted by Crippen LogP contribution is -2.17. The molecule has 2 aromatic carbocycles. The Morgan fingerprint density at radius 1 is 0.885 bits per heavy atom. The molecule has 0 amide bonds. The van der Waals surface area contributed by atoms with E-state index < -0.39 is 0 Å². The summed E-state index contributed by atoms with van der Waals surface area (Å²) < 4.78 is 0. The van der Waals surface area contributed by atoms with Gasteiger partial charge in [0.15, 0.2) is 0 Å². The summed E-state index contributed by atoms with van der Waals surface area (Å²) in [6.45, 7) is 6.10. The lowest BCUT2D eigenvalue weighted by molar-refractivity contribution is 0.729. The van der Waals surface area contributed by atoms with E-state index in [2.05, 4.69) is 85.8 Å². The molecule has 1 saturated carbocycles. The van der Waals surface area contributed by atoms with E-state index in [1.54, 1.807) is 0 Å². The Kier molecular flexibility index (Phi) is 4.24. The zero-order valence-corrected chi connectivity index (χ0v) is 15.7. The molecule has 0 saturated heterocycles. The van der Waals surface area contributed by atoms with E-state index >= 15 is 0 Å². The SMILES string of the molecule is CC.CC1=NC2=CC=CC3CC23C(c2ccc(-c3ccccc3)cc2)=C1. The van der Waals surface area contributed by atoms with Crippen LogP contribution in [-0.4, -0.2) is 5.71 Å². The van der Waals surface area contributed by atoms with Crippen molar-refractivity contribution in [3.63, 3.8) is 0 Å². The molecule has 26 heavy (non-hydrogen) atoms. The van der Waals surface area contributed by atoms with Crippen molar-refractivity contribution in [1.82, 2.24) is 0 Å². The third kappa shape index (κ3) is 2.59. The van der Waals surface area contributed by atoms with E-state index in [1.165, 1.54) is 34.4 Å². The van der Waals surface area contributed by atoms with E-state index in [9.17, 15) is 0 Å². The average Bonchev–Trinajstić information content (AvgIpc) is 3.45. The Morgan fingerprint density at radius 3 is 2.27 bits per heavy atom. The van der Waals surface area contributed by atoms with Crippen LogP contribution in [0.4, 0.5) is 0 Å². The van der Waals surface area contributed by atoms with Gasteiger partial charge in [0, 0.05) is 11.1 Å². The minimum Gasteiger partial charge on any atom is -0.257 e. The van der Waals surface area contributed by atoms with Gasteiger partial charge < -0.3 is 0 Å². The van der Waals surface area contributed by atoms with Gasteiger partial charge in [-0.25, -0.2) is 0 Å². The van der Waals surface area contributed by atoms with Gasteiger partial charge in [-0.15, -0.1) is 0 Å². The molecule has 2 aliphatic carbocycles. The second kappa shape index (κ2) is 6.57. The highest BCUT2D eigenvalue weighted by Crippen LogP contribution is 2.68. The van der Waals surface area contributed by atoms with Crippen LogP contribution in [0, 0.1) is 11.3 Å². The molecular weight excluding hydrogens is 314 g/mol. The van der Waals surface area contributed by atoms with Crippen LogP contribution in [0.25, 0.3) is 16.7 Å². The van der Waals surface area contributed by atoms with E-state index in [0.717, 1.165) is 5.71 Å². The predicted octanol–water partition coefficient (Wildman–Crippen LogP) is 6.70. The highest BCUT2D eigenvalue weighted by Gasteiger charge is 2.59. The summed E-state index contributed by atoms with van der Waals surface area (Å²) in [6, 6.07) is 19.6. The third-order valence-electron chi connectivity index (χ3n) is 5.50. The fourth-order valence-electron chi connectivity index (χ4n) is 4.20. The Hall–Kier alpha value is -2.67. The summed E-state index contributed by atoms with van der Waals surface area (Å²) in [5, 5.41) is 0. The molecule has 1 nitrogen and oxygen atoms in total. The number of benzene rings is 2. The molecule has 0 aromatic heterocycles. The topological polar surface area (TPSA) is 12.4 Å². The van der Waals surface area contributed by atoms with Crippen molar-refractivity contribution in [3.05, 3.63) is 90.2 Å². The van der Waals surface area contributed by atoms with Crippen LogP contribution in [-0.2, 0) is 0 Å². The molecule has 130 valence electrons. The zero-order valence-electron chi connectivity index (χ0n) is 15.7. The Balaban J connectivity index is 0.000000814. The normalized spacial score (nSPS) is 24.9. The molecule has 0 bridgehead atoms. The number of aliphatic imine (C=N–C) groups is 1. The molecule has 0 N–H and O–H groups in total. The van der Waals surface area contributed by atoms with Crippen LogP contribution >= 0.6 is 0 Å². The maximum Gasteiger partial charge on any atom is 0.0518 e. The fraction of sp³-hybridized carbons (Fsp3) is 0.240. The molecule has 2 unspecified atom stereocenters. The lowest BCUT2D eigenvalue weighted by atomic mass is 9.80. The summed E-state index contributed by atoms with van der Waals surface area (Å²) in [5.41, 5.74) is 7.80. The van der Waals surface area contributed by atoms with Gasteiger partial charge in [-0.3, -0.25) is 4.99 Å². The number of rotatable bonds is 2. The maximum absolute atomic E-state index is 4.81. The van der Waals surface area contributed by atoms with Crippen LogP contribution in [0.1, 0.15) is 32.8 Å². The van der Waals surface area contributed by atoms with Gasteiger partial charge in [-0.05, 0) is 53.7 Å². The van der Waals surface area contributed by atoms with Crippen LogP contribution in [0.15, 0.2) is 89.6 Å². The zero-order chi connectivity index (χ0) is 18.1. The fourth-order valence-corrected chi connectivity index (χ4v) is 4.20. The van der Waals surface area contributed by atoms with Crippen molar-refractivity contribution in [2.45, 2.75) is 27.2 Å². The molecule has 5 rings (SSSR count). The quantitative estimate of drug-likeness (QED) is 0.577. The summed E-state index contributed by atoms with van der Waals surface area (Å²) in [6.07, 6.45) is 10.2. The summed E-state index contributed by atoms with van der Waals surface area (Å²) in [7, 11) is 0. The van der Waals surface area contributed by atoms with E-state index in [0.29, 0.717) is 5.92 Å². The van der Waals surface area contributed by atoms with Crippen LogP contribution in [0.2, 0.25) is 0 Å². The molecule has 0 radical (unpaired) electrons. The van der Waals surface area contributed by atoms with Crippen molar-refractivity contribution < 1.29 is 0 Å². The molecular formula is C25H25N. The van der Waals surface area contributed by atoms with E-state index in [-0.39, 0.29) is 5.41 Å². The van der Waals surface area contributed by atoms with E-state index in [4.69, 9.17) is 4.99 Å². The van der Waals surface area contributed by atoms with Gasteiger partial charge in [-0.2, -0.15) is 0 Å². The predicted molar refractivity (Wildman–Crippen MR) is 112 cm³/mol. The highest BCUT2D eigenvalue weighted by molar-refractivity contribution is 6.04. The first kappa shape index (κ1) is 16.8. The first-order valence-electron chi connectivity index (χ1n) is 9.60.